The molecule has 0 aliphatic carbocycles. The van der Waals surface area contributed by atoms with Gasteiger partial charge in [-0.25, -0.2) is 0 Å². The van der Waals surface area contributed by atoms with E-state index < -0.39 is 0 Å². The molecule has 0 saturated carbocycles. The van der Waals surface area contributed by atoms with Crippen molar-refractivity contribution in [1.29, 1.82) is 0 Å². The van der Waals surface area contributed by atoms with Gasteiger partial charge in [-0.1, -0.05) is 66.3 Å². The van der Waals surface area contributed by atoms with Crippen molar-refractivity contribution in [1.82, 2.24) is 4.90 Å². The van der Waals surface area contributed by atoms with E-state index in [1.165, 1.54) is 5.56 Å². The lowest BCUT2D eigenvalue weighted by atomic mass is 10.2. The molecule has 0 fully saturated rings. The average molecular weight is 308 g/mol. The van der Waals surface area contributed by atoms with Gasteiger partial charge in [-0.3, -0.25) is 0 Å². The highest BCUT2D eigenvalue weighted by Crippen LogP contribution is 2.15. The van der Waals surface area contributed by atoms with E-state index in [4.69, 9.17) is 23.8 Å². The summed E-state index contributed by atoms with van der Waals surface area (Å²) in [5.41, 5.74) is 2.38. The zero-order valence-electron chi connectivity index (χ0n) is 10.3. The third kappa shape index (κ3) is 4.53. The molecule has 0 heterocycles. The maximum absolute atomic E-state index is 5.89. The minimum Gasteiger partial charge on any atom is -0.349 e. The predicted octanol–water partition coefficient (Wildman–Crippen LogP) is 4.56. The molecule has 0 unspecified atom stereocenters. The molecule has 2 aromatic carbocycles. The van der Waals surface area contributed by atoms with Crippen LogP contribution in [0.3, 0.4) is 0 Å². The first-order valence-corrected chi connectivity index (χ1v) is 7.15. The van der Waals surface area contributed by atoms with E-state index in [1.54, 1.807) is 0 Å². The van der Waals surface area contributed by atoms with Crippen LogP contribution in [0.25, 0.3) is 0 Å². The Morgan fingerprint density at radius 1 is 0.947 bits per heavy atom. The van der Waals surface area contributed by atoms with Crippen molar-refractivity contribution >= 4 is 40.8 Å². The first-order valence-electron chi connectivity index (χ1n) is 5.91. The quantitative estimate of drug-likeness (QED) is 0.651. The van der Waals surface area contributed by atoms with Crippen molar-refractivity contribution in [2.45, 2.75) is 13.1 Å². The SMILES string of the molecule is S=C(S)N(Cc1ccccc1)Cc1ccc(Cl)cc1. The van der Waals surface area contributed by atoms with Crippen LogP contribution in [0.1, 0.15) is 11.1 Å². The van der Waals surface area contributed by atoms with Gasteiger partial charge in [-0.2, -0.15) is 0 Å². The zero-order chi connectivity index (χ0) is 13.7. The molecule has 0 aliphatic rings. The average Bonchev–Trinajstić information content (AvgIpc) is 2.41. The Balaban J connectivity index is 2.08. The number of hydrogen-bond acceptors (Lipinski definition) is 1. The lowest BCUT2D eigenvalue weighted by Gasteiger charge is -2.23. The molecule has 98 valence electrons. The Labute approximate surface area is 129 Å². The van der Waals surface area contributed by atoms with Gasteiger partial charge < -0.3 is 4.90 Å². The van der Waals surface area contributed by atoms with E-state index in [9.17, 15) is 0 Å². The van der Waals surface area contributed by atoms with Gasteiger partial charge in [0.05, 0.1) is 0 Å². The molecule has 0 aliphatic heterocycles. The minimum atomic E-state index is 0.596. The Bertz CT molecular complexity index is 540. The van der Waals surface area contributed by atoms with Gasteiger partial charge >= 0.3 is 0 Å². The normalized spacial score (nSPS) is 10.2. The summed E-state index contributed by atoms with van der Waals surface area (Å²) in [6, 6.07) is 18.0. The second-order valence-corrected chi connectivity index (χ2v) is 5.80. The maximum Gasteiger partial charge on any atom is 0.133 e. The number of benzene rings is 2. The second kappa shape index (κ2) is 6.94. The van der Waals surface area contributed by atoms with E-state index in [0.717, 1.165) is 23.7 Å². The number of nitrogens with zero attached hydrogens (tertiary/aromatic N) is 1. The summed E-state index contributed by atoms with van der Waals surface area (Å²) >= 11 is 15.4. The van der Waals surface area contributed by atoms with Crippen molar-refractivity contribution in [3.63, 3.8) is 0 Å². The highest BCUT2D eigenvalue weighted by molar-refractivity contribution is 8.10. The summed E-state index contributed by atoms with van der Waals surface area (Å²) in [7, 11) is 0. The van der Waals surface area contributed by atoms with E-state index in [2.05, 4.69) is 29.7 Å². The van der Waals surface area contributed by atoms with Gasteiger partial charge in [0.15, 0.2) is 0 Å². The van der Waals surface area contributed by atoms with Crippen LogP contribution in [0.4, 0.5) is 0 Å². The van der Waals surface area contributed by atoms with E-state index >= 15 is 0 Å². The van der Waals surface area contributed by atoms with Gasteiger partial charge in [0.2, 0.25) is 0 Å². The van der Waals surface area contributed by atoms with Crippen LogP contribution < -0.4 is 0 Å². The first kappa shape index (κ1) is 14.4. The molecule has 2 rings (SSSR count). The fourth-order valence-electron chi connectivity index (χ4n) is 1.81. The molecule has 0 radical (unpaired) electrons. The summed E-state index contributed by atoms with van der Waals surface area (Å²) in [6.45, 7) is 1.49. The van der Waals surface area contributed by atoms with Crippen molar-refractivity contribution in [3.05, 3.63) is 70.7 Å². The van der Waals surface area contributed by atoms with E-state index in [1.807, 2.05) is 42.5 Å². The molecule has 0 spiro atoms. The van der Waals surface area contributed by atoms with Crippen LogP contribution in [0.15, 0.2) is 54.6 Å². The molecule has 4 heteroatoms. The van der Waals surface area contributed by atoms with Crippen LogP contribution in [0, 0.1) is 0 Å². The molecule has 0 amide bonds. The fraction of sp³-hybridized carbons (Fsp3) is 0.133. The molecule has 19 heavy (non-hydrogen) atoms. The predicted molar refractivity (Wildman–Crippen MR) is 88.7 cm³/mol. The maximum atomic E-state index is 5.89. The lowest BCUT2D eigenvalue weighted by Crippen LogP contribution is -2.25. The molecule has 0 aromatic heterocycles. The van der Waals surface area contributed by atoms with Crippen LogP contribution >= 0.6 is 36.4 Å². The monoisotopic (exact) mass is 307 g/mol. The molecule has 0 atom stereocenters. The molecular weight excluding hydrogens is 294 g/mol. The third-order valence-corrected chi connectivity index (χ3v) is 3.57. The van der Waals surface area contributed by atoms with Gasteiger partial charge in [0, 0.05) is 18.1 Å². The summed E-state index contributed by atoms with van der Waals surface area (Å²) in [5, 5.41) is 0.742. The van der Waals surface area contributed by atoms with Crippen molar-refractivity contribution in [3.8, 4) is 0 Å². The Morgan fingerprint density at radius 3 is 2.00 bits per heavy atom. The van der Waals surface area contributed by atoms with Gasteiger partial charge in [0.1, 0.15) is 4.32 Å². The first-order chi connectivity index (χ1) is 9.15. The summed E-state index contributed by atoms with van der Waals surface area (Å²) in [5.74, 6) is 0. The topological polar surface area (TPSA) is 3.24 Å². The molecule has 0 N–H and O–H groups in total. The van der Waals surface area contributed by atoms with Crippen molar-refractivity contribution in [2.75, 3.05) is 0 Å². The molecular formula is C15H14ClNS2. The largest absolute Gasteiger partial charge is 0.349 e. The number of halogens is 1. The zero-order valence-corrected chi connectivity index (χ0v) is 12.8. The molecule has 0 saturated heterocycles. The smallest absolute Gasteiger partial charge is 0.133 e. The Hall–Kier alpha value is -1.03. The van der Waals surface area contributed by atoms with Gasteiger partial charge in [-0.15, -0.1) is 12.6 Å². The van der Waals surface area contributed by atoms with E-state index in [0.29, 0.717) is 4.32 Å². The summed E-state index contributed by atoms with van der Waals surface area (Å²) in [6.07, 6.45) is 0. The fourth-order valence-corrected chi connectivity index (χ4v) is 2.20. The van der Waals surface area contributed by atoms with Crippen LogP contribution in [-0.2, 0) is 13.1 Å². The van der Waals surface area contributed by atoms with Gasteiger partial charge in [-0.05, 0) is 23.3 Å². The number of thiocarbonyl (C=S) groups is 1. The van der Waals surface area contributed by atoms with Crippen molar-refractivity contribution < 1.29 is 0 Å². The minimum absolute atomic E-state index is 0.596. The Morgan fingerprint density at radius 2 is 1.47 bits per heavy atom. The third-order valence-electron chi connectivity index (χ3n) is 2.77. The highest BCUT2D eigenvalue weighted by Gasteiger charge is 2.08. The summed E-state index contributed by atoms with van der Waals surface area (Å²) < 4.78 is 0.596. The number of hydrogen-bond donors (Lipinski definition) is 1. The van der Waals surface area contributed by atoms with Crippen molar-refractivity contribution in [2.24, 2.45) is 0 Å². The molecule has 1 nitrogen and oxygen atoms in total. The van der Waals surface area contributed by atoms with Crippen LogP contribution in [0.2, 0.25) is 5.02 Å². The van der Waals surface area contributed by atoms with E-state index in [-0.39, 0.29) is 0 Å². The Kier molecular flexibility index (Phi) is 5.25. The summed E-state index contributed by atoms with van der Waals surface area (Å²) in [4.78, 5) is 2.05. The lowest BCUT2D eigenvalue weighted by molar-refractivity contribution is 0.422. The second-order valence-electron chi connectivity index (χ2n) is 4.25. The molecule has 2 aromatic rings. The standard InChI is InChI=1S/C15H14ClNS2/c16-14-8-6-13(7-9-14)11-17(15(18)19)10-12-4-2-1-3-5-12/h1-9H,10-11H2,(H,18,19). The van der Waals surface area contributed by atoms with Gasteiger partial charge in [0.25, 0.3) is 0 Å². The number of rotatable bonds is 4. The van der Waals surface area contributed by atoms with Crippen LogP contribution in [0.5, 0.6) is 0 Å². The molecule has 0 bridgehead atoms. The number of thiol groups is 1. The highest BCUT2D eigenvalue weighted by atomic mass is 35.5. The van der Waals surface area contributed by atoms with Crippen LogP contribution in [-0.4, -0.2) is 9.22 Å².